The summed E-state index contributed by atoms with van der Waals surface area (Å²) in [6.07, 6.45) is 0.167. The standard InChI is InChI=1S/C11H11ClN2O2/c12-8-3-1-2-4-9(8)14-6-7(11(13)16)5-10(14)15/h1-4,7H,5-6H2,(H2,13,16)/t7-/m1/s1. The van der Waals surface area contributed by atoms with Gasteiger partial charge in [0.1, 0.15) is 0 Å². The molecule has 0 unspecified atom stereocenters. The Kier molecular flexibility index (Phi) is 2.83. The second kappa shape index (κ2) is 4.14. The molecule has 0 saturated carbocycles. The Hall–Kier alpha value is -1.55. The molecule has 1 saturated heterocycles. The van der Waals surface area contributed by atoms with Crippen LogP contribution in [0.4, 0.5) is 5.69 Å². The third-order valence-corrected chi connectivity index (χ3v) is 2.99. The highest BCUT2D eigenvalue weighted by molar-refractivity contribution is 6.33. The van der Waals surface area contributed by atoms with Crippen molar-refractivity contribution in [3.63, 3.8) is 0 Å². The van der Waals surface area contributed by atoms with E-state index in [1.54, 1.807) is 24.3 Å². The quantitative estimate of drug-likeness (QED) is 0.841. The van der Waals surface area contributed by atoms with Crippen LogP contribution >= 0.6 is 11.6 Å². The van der Waals surface area contributed by atoms with E-state index >= 15 is 0 Å². The monoisotopic (exact) mass is 238 g/mol. The first-order chi connectivity index (χ1) is 7.59. The number of nitrogens with zero attached hydrogens (tertiary/aromatic N) is 1. The number of carbonyl (C=O) groups excluding carboxylic acids is 2. The van der Waals surface area contributed by atoms with Gasteiger partial charge in [-0.25, -0.2) is 0 Å². The Balaban J connectivity index is 2.27. The molecule has 5 heteroatoms. The fourth-order valence-electron chi connectivity index (χ4n) is 1.80. The van der Waals surface area contributed by atoms with Crippen LogP contribution in [0.3, 0.4) is 0 Å². The molecule has 1 aliphatic heterocycles. The zero-order chi connectivity index (χ0) is 11.7. The van der Waals surface area contributed by atoms with Gasteiger partial charge in [0.2, 0.25) is 11.8 Å². The van der Waals surface area contributed by atoms with E-state index in [-0.39, 0.29) is 12.3 Å². The van der Waals surface area contributed by atoms with E-state index in [0.29, 0.717) is 17.3 Å². The molecule has 0 radical (unpaired) electrons. The minimum Gasteiger partial charge on any atom is -0.369 e. The summed E-state index contributed by atoms with van der Waals surface area (Å²) in [4.78, 5) is 24.2. The van der Waals surface area contributed by atoms with E-state index in [1.807, 2.05) is 0 Å². The lowest BCUT2D eigenvalue weighted by atomic mass is 10.1. The van der Waals surface area contributed by atoms with Gasteiger partial charge in [-0.3, -0.25) is 9.59 Å². The van der Waals surface area contributed by atoms with Crippen LogP contribution in [0.5, 0.6) is 0 Å². The molecule has 1 atom stereocenters. The topological polar surface area (TPSA) is 63.4 Å². The van der Waals surface area contributed by atoms with Gasteiger partial charge < -0.3 is 10.6 Å². The number of halogens is 1. The highest BCUT2D eigenvalue weighted by atomic mass is 35.5. The van der Waals surface area contributed by atoms with E-state index in [4.69, 9.17) is 17.3 Å². The van der Waals surface area contributed by atoms with Crippen LogP contribution in [0.15, 0.2) is 24.3 Å². The van der Waals surface area contributed by atoms with Gasteiger partial charge in [0.05, 0.1) is 16.6 Å². The molecule has 84 valence electrons. The number of para-hydroxylation sites is 1. The zero-order valence-electron chi connectivity index (χ0n) is 8.52. The Morgan fingerprint density at radius 2 is 2.12 bits per heavy atom. The highest BCUT2D eigenvalue weighted by Gasteiger charge is 2.34. The summed E-state index contributed by atoms with van der Waals surface area (Å²) in [5.41, 5.74) is 5.82. The summed E-state index contributed by atoms with van der Waals surface area (Å²) < 4.78 is 0. The largest absolute Gasteiger partial charge is 0.369 e. The number of benzene rings is 1. The average molecular weight is 239 g/mol. The number of hydrogen-bond acceptors (Lipinski definition) is 2. The van der Waals surface area contributed by atoms with Crippen molar-refractivity contribution in [2.75, 3.05) is 11.4 Å². The van der Waals surface area contributed by atoms with Crippen molar-refractivity contribution in [1.82, 2.24) is 0 Å². The van der Waals surface area contributed by atoms with Crippen LogP contribution < -0.4 is 10.6 Å². The molecule has 1 aromatic carbocycles. The molecule has 2 rings (SSSR count). The smallest absolute Gasteiger partial charge is 0.227 e. The van der Waals surface area contributed by atoms with Crippen molar-refractivity contribution in [2.24, 2.45) is 11.7 Å². The summed E-state index contributed by atoms with van der Waals surface area (Å²) in [7, 11) is 0. The van der Waals surface area contributed by atoms with E-state index in [1.165, 1.54) is 4.90 Å². The normalized spacial score (nSPS) is 20.2. The second-order valence-corrected chi connectivity index (χ2v) is 4.17. The van der Waals surface area contributed by atoms with Crippen LogP contribution in [0.25, 0.3) is 0 Å². The van der Waals surface area contributed by atoms with Crippen LogP contribution in [-0.4, -0.2) is 18.4 Å². The number of primary amides is 1. The fraction of sp³-hybridized carbons (Fsp3) is 0.273. The van der Waals surface area contributed by atoms with Gasteiger partial charge in [-0.15, -0.1) is 0 Å². The van der Waals surface area contributed by atoms with Gasteiger partial charge in [-0.1, -0.05) is 23.7 Å². The van der Waals surface area contributed by atoms with Crippen molar-refractivity contribution >= 4 is 29.1 Å². The number of nitrogens with two attached hydrogens (primary N) is 1. The fourth-order valence-corrected chi connectivity index (χ4v) is 2.04. The SMILES string of the molecule is NC(=O)[C@@H]1CC(=O)N(c2ccccc2Cl)C1. The predicted molar refractivity (Wildman–Crippen MR) is 61.1 cm³/mol. The molecular formula is C11H11ClN2O2. The lowest BCUT2D eigenvalue weighted by Crippen LogP contribution is -2.28. The molecule has 2 N–H and O–H groups in total. The molecule has 0 bridgehead atoms. The Morgan fingerprint density at radius 3 is 2.69 bits per heavy atom. The minimum atomic E-state index is -0.442. The van der Waals surface area contributed by atoms with Gasteiger partial charge >= 0.3 is 0 Å². The van der Waals surface area contributed by atoms with Crippen molar-refractivity contribution < 1.29 is 9.59 Å². The molecule has 2 amide bonds. The van der Waals surface area contributed by atoms with Crippen LogP contribution in [-0.2, 0) is 9.59 Å². The summed E-state index contributed by atoms with van der Waals surface area (Å²) >= 11 is 5.99. The van der Waals surface area contributed by atoms with Gasteiger partial charge in [0, 0.05) is 13.0 Å². The second-order valence-electron chi connectivity index (χ2n) is 3.76. The number of carbonyl (C=O) groups is 2. The van der Waals surface area contributed by atoms with E-state index in [2.05, 4.69) is 0 Å². The molecule has 1 aliphatic rings. The first-order valence-corrected chi connectivity index (χ1v) is 5.31. The molecule has 0 aromatic heterocycles. The number of amides is 2. The predicted octanol–water partition coefficient (Wildman–Crippen LogP) is 1.18. The first kappa shape index (κ1) is 11.0. The van der Waals surface area contributed by atoms with Crippen molar-refractivity contribution in [2.45, 2.75) is 6.42 Å². The highest BCUT2D eigenvalue weighted by Crippen LogP contribution is 2.30. The molecule has 0 aliphatic carbocycles. The molecule has 1 aromatic rings. The van der Waals surface area contributed by atoms with Crippen LogP contribution in [0.2, 0.25) is 5.02 Å². The van der Waals surface area contributed by atoms with Gasteiger partial charge in [0.15, 0.2) is 0 Å². The van der Waals surface area contributed by atoms with E-state index in [9.17, 15) is 9.59 Å². The maximum absolute atomic E-state index is 11.7. The maximum atomic E-state index is 11.7. The number of anilines is 1. The van der Waals surface area contributed by atoms with Crippen LogP contribution in [0.1, 0.15) is 6.42 Å². The Bertz CT molecular complexity index is 447. The molecule has 16 heavy (non-hydrogen) atoms. The molecule has 1 fully saturated rings. The summed E-state index contributed by atoms with van der Waals surface area (Å²) in [5.74, 6) is -0.969. The summed E-state index contributed by atoms with van der Waals surface area (Å²) in [5, 5.41) is 0.501. The van der Waals surface area contributed by atoms with Crippen molar-refractivity contribution in [3.05, 3.63) is 29.3 Å². The lowest BCUT2D eigenvalue weighted by molar-refractivity contribution is -0.123. The zero-order valence-corrected chi connectivity index (χ0v) is 9.28. The average Bonchev–Trinajstić information content (AvgIpc) is 2.61. The van der Waals surface area contributed by atoms with Crippen LogP contribution in [0, 0.1) is 5.92 Å². The minimum absolute atomic E-state index is 0.114. The maximum Gasteiger partial charge on any atom is 0.227 e. The van der Waals surface area contributed by atoms with E-state index < -0.39 is 11.8 Å². The lowest BCUT2D eigenvalue weighted by Gasteiger charge is -2.17. The number of rotatable bonds is 2. The Labute approximate surface area is 98.0 Å². The van der Waals surface area contributed by atoms with Gasteiger partial charge in [-0.05, 0) is 12.1 Å². The summed E-state index contributed by atoms with van der Waals surface area (Å²) in [6, 6.07) is 7.05. The molecule has 0 spiro atoms. The van der Waals surface area contributed by atoms with Gasteiger partial charge in [-0.2, -0.15) is 0 Å². The number of hydrogen-bond donors (Lipinski definition) is 1. The third kappa shape index (κ3) is 1.88. The molecular weight excluding hydrogens is 228 g/mol. The summed E-state index contributed by atoms with van der Waals surface area (Å²) in [6.45, 7) is 0.317. The van der Waals surface area contributed by atoms with Gasteiger partial charge in [0.25, 0.3) is 0 Å². The molecule has 1 heterocycles. The third-order valence-electron chi connectivity index (χ3n) is 2.67. The van der Waals surface area contributed by atoms with Crippen molar-refractivity contribution in [1.29, 1.82) is 0 Å². The van der Waals surface area contributed by atoms with Crippen molar-refractivity contribution in [3.8, 4) is 0 Å². The Morgan fingerprint density at radius 1 is 1.44 bits per heavy atom. The molecule has 4 nitrogen and oxygen atoms in total. The van der Waals surface area contributed by atoms with E-state index in [0.717, 1.165) is 0 Å². The first-order valence-electron chi connectivity index (χ1n) is 4.94.